The molecule has 140 valence electrons. The molecule has 0 saturated heterocycles. The first-order valence-electron chi connectivity index (χ1n) is 8.64. The largest absolute Gasteiger partial charge is 0.497 e. The summed E-state index contributed by atoms with van der Waals surface area (Å²) in [5.41, 5.74) is 3.44. The molecule has 2 N–H and O–H groups in total. The fourth-order valence-electron chi connectivity index (χ4n) is 3.66. The number of benzene rings is 2. The van der Waals surface area contributed by atoms with E-state index in [1.54, 1.807) is 18.5 Å². The van der Waals surface area contributed by atoms with Crippen LogP contribution in [-0.2, 0) is 6.42 Å². The van der Waals surface area contributed by atoms with Gasteiger partial charge in [0.15, 0.2) is 0 Å². The van der Waals surface area contributed by atoms with Gasteiger partial charge in [-0.25, -0.2) is 8.78 Å². The monoisotopic (exact) mass is 371 g/mol. The van der Waals surface area contributed by atoms with E-state index >= 15 is 0 Å². The Balaban J connectivity index is 1.73. The summed E-state index contributed by atoms with van der Waals surface area (Å²) >= 11 is 0. The minimum Gasteiger partial charge on any atom is -0.497 e. The smallest absolute Gasteiger partial charge is 0.133 e. The van der Waals surface area contributed by atoms with E-state index in [0.717, 1.165) is 5.56 Å². The van der Waals surface area contributed by atoms with Crippen LogP contribution in [0.2, 0.25) is 0 Å². The van der Waals surface area contributed by atoms with Crippen LogP contribution in [0.25, 0.3) is 11.1 Å². The summed E-state index contributed by atoms with van der Waals surface area (Å²) in [6, 6.07) is 7.15. The quantitative estimate of drug-likeness (QED) is 0.721. The summed E-state index contributed by atoms with van der Waals surface area (Å²) in [4.78, 5) is 1.91. The Morgan fingerprint density at radius 3 is 2.81 bits per heavy atom. The zero-order valence-corrected chi connectivity index (χ0v) is 14.7. The Labute approximate surface area is 155 Å². The third-order valence-corrected chi connectivity index (χ3v) is 4.97. The van der Waals surface area contributed by atoms with Crippen LogP contribution in [0.15, 0.2) is 42.7 Å². The van der Waals surface area contributed by atoms with E-state index in [1.807, 2.05) is 11.0 Å². The molecule has 0 fully saturated rings. The number of ether oxygens (including phenoxy) is 1. The van der Waals surface area contributed by atoms with Gasteiger partial charge in [-0.15, -0.1) is 0 Å². The predicted molar refractivity (Wildman–Crippen MR) is 97.8 cm³/mol. The van der Waals surface area contributed by atoms with Crippen LogP contribution in [0.4, 0.5) is 14.5 Å². The molecule has 0 radical (unpaired) electrons. The van der Waals surface area contributed by atoms with Crippen LogP contribution >= 0.6 is 0 Å². The summed E-state index contributed by atoms with van der Waals surface area (Å²) in [6.45, 7) is 0.380. The van der Waals surface area contributed by atoms with E-state index in [-0.39, 0.29) is 12.4 Å². The fourth-order valence-corrected chi connectivity index (χ4v) is 3.66. The van der Waals surface area contributed by atoms with Crippen LogP contribution in [0.5, 0.6) is 5.75 Å². The third-order valence-electron chi connectivity index (χ3n) is 4.97. The van der Waals surface area contributed by atoms with Gasteiger partial charge in [0.25, 0.3) is 0 Å². The molecule has 0 unspecified atom stereocenters. The Morgan fingerprint density at radius 2 is 2.11 bits per heavy atom. The maximum absolute atomic E-state index is 14.7. The number of rotatable bonds is 5. The van der Waals surface area contributed by atoms with E-state index in [9.17, 15) is 13.9 Å². The van der Waals surface area contributed by atoms with Crippen molar-refractivity contribution in [2.75, 3.05) is 25.2 Å². The summed E-state index contributed by atoms with van der Waals surface area (Å²) < 4.78 is 33.8. The van der Waals surface area contributed by atoms with Crippen LogP contribution in [0.3, 0.4) is 0 Å². The highest BCUT2D eigenvalue weighted by atomic mass is 19.1. The molecule has 5 nitrogen and oxygen atoms in total. The molecule has 2 heterocycles. The van der Waals surface area contributed by atoms with Gasteiger partial charge < -0.3 is 14.7 Å². The van der Waals surface area contributed by atoms with Crippen LogP contribution in [0.1, 0.15) is 17.2 Å². The molecule has 0 bridgehead atoms. The molecule has 0 amide bonds. The van der Waals surface area contributed by atoms with Crippen LogP contribution in [0, 0.1) is 11.6 Å². The maximum atomic E-state index is 14.7. The van der Waals surface area contributed by atoms with Crippen molar-refractivity contribution in [3.8, 4) is 16.9 Å². The van der Waals surface area contributed by atoms with Gasteiger partial charge in [0, 0.05) is 35.6 Å². The number of hydrogen-bond acceptors (Lipinski definition) is 4. The van der Waals surface area contributed by atoms with Crippen molar-refractivity contribution in [2.24, 2.45) is 0 Å². The van der Waals surface area contributed by atoms with Crippen LogP contribution < -0.4 is 9.64 Å². The highest BCUT2D eigenvalue weighted by Crippen LogP contribution is 2.39. The molecule has 7 heteroatoms. The first-order chi connectivity index (χ1) is 13.1. The minimum absolute atomic E-state index is 0.225. The van der Waals surface area contributed by atoms with E-state index < -0.39 is 11.9 Å². The number of aromatic nitrogens is 2. The average Bonchev–Trinajstić information content (AvgIpc) is 3.32. The van der Waals surface area contributed by atoms with Crippen molar-refractivity contribution in [1.29, 1.82) is 0 Å². The second-order valence-corrected chi connectivity index (χ2v) is 6.51. The van der Waals surface area contributed by atoms with E-state index in [1.165, 1.54) is 25.3 Å². The summed E-state index contributed by atoms with van der Waals surface area (Å²) in [5.74, 6) is -0.427. The number of anilines is 1. The fraction of sp³-hybridized carbons (Fsp3) is 0.250. The first kappa shape index (κ1) is 17.5. The average molecular weight is 371 g/mol. The van der Waals surface area contributed by atoms with E-state index in [2.05, 4.69) is 10.2 Å². The number of H-pyrrole nitrogens is 1. The highest BCUT2D eigenvalue weighted by molar-refractivity contribution is 5.71. The summed E-state index contributed by atoms with van der Waals surface area (Å²) in [5, 5.41) is 16.5. The van der Waals surface area contributed by atoms with Gasteiger partial charge in [0.1, 0.15) is 17.4 Å². The number of hydrogen-bond donors (Lipinski definition) is 2. The third kappa shape index (κ3) is 3.14. The van der Waals surface area contributed by atoms with Gasteiger partial charge in [0.05, 0.1) is 26.0 Å². The number of aliphatic hydroxyl groups is 1. The number of methoxy groups -OCH3 is 1. The Bertz CT molecular complexity index is 960. The van der Waals surface area contributed by atoms with Gasteiger partial charge in [-0.3, -0.25) is 5.10 Å². The SMILES string of the molecule is COc1cc(F)cc([C@@H](CO)N2CCc3cc(-c4cn[nH]c4)c(F)cc32)c1. The lowest BCUT2D eigenvalue weighted by Gasteiger charge is -2.29. The first-order valence-corrected chi connectivity index (χ1v) is 8.64. The van der Waals surface area contributed by atoms with Crippen molar-refractivity contribution >= 4 is 5.69 Å². The molecule has 1 aliphatic heterocycles. The Morgan fingerprint density at radius 1 is 1.26 bits per heavy atom. The van der Waals surface area contributed by atoms with Gasteiger partial charge in [-0.2, -0.15) is 5.10 Å². The number of nitrogens with one attached hydrogen (secondary N) is 1. The van der Waals surface area contributed by atoms with Crippen molar-refractivity contribution in [3.05, 3.63) is 65.5 Å². The molecular formula is C20H19F2N3O2. The molecule has 2 aromatic carbocycles. The van der Waals surface area contributed by atoms with Gasteiger partial charge in [-0.1, -0.05) is 0 Å². The summed E-state index contributed by atoms with van der Waals surface area (Å²) in [7, 11) is 1.46. The van der Waals surface area contributed by atoms with Crippen molar-refractivity contribution in [3.63, 3.8) is 0 Å². The molecule has 0 aliphatic carbocycles. The standard InChI is InChI=1S/C20H19F2N3O2/c1-27-16-5-13(4-15(21)7-16)20(11-26)25-3-2-12-6-17(14-9-23-24-10-14)18(22)8-19(12)25/h4-10,20,26H,2-3,11H2,1H3,(H,23,24)/t20-/m1/s1. The zero-order chi connectivity index (χ0) is 19.0. The minimum atomic E-state index is -0.491. The lowest BCUT2D eigenvalue weighted by atomic mass is 10.0. The maximum Gasteiger partial charge on any atom is 0.133 e. The van der Waals surface area contributed by atoms with Gasteiger partial charge in [-0.05, 0) is 41.8 Å². The number of aromatic amines is 1. The zero-order valence-electron chi connectivity index (χ0n) is 14.7. The molecule has 0 spiro atoms. The number of halogens is 2. The number of fused-ring (bicyclic) bond motifs is 1. The Hall–Kier alpha value is -2.93. The second kappa shape index (κ2) is 7.00. The van der Waals surface area contributed by atoms with Crippen molar-refractivity contribution in [1.82, 2.24) is 10.2 Å². The molecular weight excluding hydrogens is 352 g/mol. The van der Waals surface area contributed by atoms with Crippen molar-refractivity contribution < 1.29 is 18.6 Å². The molecule has 0 saturated carbocycles. The molecule has 3 aromatic rings. The topological polar surface area (TPSA) is 61.4 Å². The Kier molecular flexibility index (Phi) is 4.53. The predicted octanol–water partition coefficient (Wildman–Crippen LogP) is 3.46. The van der Waals surface area contributed by atoms with Crippen LogP contribution in [-0.4, -0.2) is 35.6 Å². The van der Waals surface area contributed by atoms with Crippen molar-refractivity contribution in [2.45, 2.75) is 12.5 Å². The second-order valence-electron chi connectivity index (χ2n) is 6.51. The van der Waals surface area contributed by atoms with E-state index in [0.29, 0.717) is 41.1 Å². The number of nitrogens with zero attached hydrogens (tertiary/aromatic N) is 2. The molecule has 1 aliphatic rings. The highest BCUT2D eigenvalue weighted by Gasteiger charge is 2.29. The van der Waals surface area contributed by atoms with E-state index in [4.69, 9.17) is 4.74 Å². The lowest BCUT2D eigenvalue weighted by molar-refractivity contribution is 0.261. The number of aliphatic hydroxyl groups excluding tert-OH is 1. The normalized spacial score (nSPS) is 14.3. The summed E-state index contributed by atoms with van der Waals surface area (Å²) in [6.07, 6.45) is 3.93. The van der Waals surface area contributed by atoms with Gasteiger partial charge in [0.2, 0.25) is 0 Å². The van der Waals surface area contributed by atoms with Gasteiger partial charge >= 0.3 is 0 Å². The molecule has 1 aromatic heterocycles. The molecule has 1 atom stereocenters. The lowest BCUT2D eigenvalue weighted by Crippen LogP contribution is -2.29. The molecule has 27 heavy (non-hydrogen) atoms. The molecule has 4 rings (SSSR count).